The zero-order valence-corrected chi connectivity index (χ0v) is 8.81. The van der Waals surface area contributed by atoms with E-state index in [2.05, 4.69) is 39.9 Å². The second kappa shape index (κ2) is 7.19. The first-order valence-electron chi connectivity index (χ1n) is 3.55. The van der Waals surface area contributed by atoms with Crippen LogP contribution in [0.25, 0.3) is 0 Å². The van der Waals surface area contributed by atoms with E-state index in [1.54, 1.807) is 5.92 Å². The molecule has 3 heteroatoms. The monoisotopic (exact) mass is 266 g/mol. The Labute approximate surface area is 83.2 Å². The summed E-state index contributed by atoms with van der Waals surface area (Å²) in [7, 11) is 5.49. The Kier molecular flexibility index (Phi) is 7.53. The maximum absolute atomic E-state index is 7.00. The van der Waals surface area contributed by atoms with Crippen LogP contribution < -0.4 is 0 Å². The summed E-state index contributed by atoms with van der Waals surface area (Å²) in [5, 5.41) is 7.00. The Balaban J connectivity index is 0.000000222. The summed E-state index contributed by atoms with van der Waals surface area (Å²) in [6.45, 7) is 0. The molecule has 68 valence electrons. The fraction of sp³-hybridized carbons (Fsp3) is 0.625. The third-order valence-corrected chi connectivity index (χ3v) is 1.96. The van der Waals surface area contributed by atoms with Crippen molar-refractivity contribution in [1.82, 2.24) is 0 Å². The average Bonchev–Trinajstić information content (AvgIpc) is 2.74. The van der Waals surface area contributed by atoms with Gasteiger partial charge in [-0.3, -0.25) is 0 Å². The zero-order valence-electron chi connectivity index (χ0n) is 6.49. The molecule has 0 amide bonds. The first kappa shape index (κ1) is 11.5. The first-order chi connectivity index (χ1) is 5.45. The average molecular weight is 267 g/mol. The number of allylic oxidation sites excluding steroid dienone is 2. The van der Waals surface area contributed by atoms with Gasteiger partial charge in [0.05, 0.1) is 0 Å². The molecule has 11 heavy (non-hydrogen) atoms. The van der Waals surface area contributed by atoms with Gasteiger partial charge in [0.15, 0.2) is 0 Å². The van der Waals surface area contributed by atoms with Crippen LogP contribution in [0, 0.1) is 11.8 Å². The number of rotatable bonds is 0. The van der Waals surface area contributed by atoms with Crippen LogP contribution in [0.5, 0.6) is 0 Å². The van der Waals surface area contributed by atoms with E-state index in [1.165, 1.54) is 19.3 Å². The molecule has 2 aliphatic rings. The van der Waals surface area contributed by atoms with Gasteiger partial charge in [0.2, 0.25) is 0 Å². The van der Waals surface area contributed by atoms with E-state index in [0.29, 0.717) is 0 Å². The summed E-state index contributed by atoms with van der Waals surface area (Å²) in [4.78, 5) is 0. The van der Waals surface area contributed by atoms with Gasteiger partial charge in [-0.1, -0.05) is 12.8 Å². The van der Waals surface area contributed by atoms with E-state index in [4.69, 9.17) is 5.11 Å². The Hall–Kier alpha value is 0.522. The van der Waals surface area contributed by atoms with Crippen LogP contribution in [0.15, 0.2) is 12.2 Å². The van der Waals surface area contributed by atoms with Crippen LogP contribution in [-0.4, -0.2) is 12.2 Å². The Morgan fingerprint density at radius 3 is 2.27 bits per heavy atom. The molecule has 1 unspecified atom stereocenters. The van der Waals surface area contributed by atoms with Crippen molar-refractivity contribution in [1.29, 1.82) is 0 Å². The van der Waals surface area contributed by atoms with Crippen LogP contribution in [0.3, 0.4) is 0 Å². The van der Waals surface area contributed by atoms with E-state index < -0.39 is 0 Å². The van der Waals surface area contributed by atoms with Crippen LogP contribution in [0.1, 0.15) is 19.3 Å². The van der Waals surface area contributed by atoms with Gasteiger partial charge in [-0.15, -0.1) is 12.3 Å². The molecule has 2 aliphatic carbocycles. The van der Waals surface area contributed by atoms with E-state index in [-0.39, 0.29) is 0 Å². The topological polar surface area (TPSA) is 20.2 Å². The maximum atomic E-state index is 7.00. The number of hydrogen-bond donors (Lipinski definition) is 1. The first-order valence-corrected chi connectivity index (χ1v) is 5.55. The standard InChI is InChI=1S/C7H9.CH4O.ClH.Pd/c1-2-7-4-3-6(1)5-7;1-2;;/h1-2,6H,3-5H2;2H,1H3;1H;/q-1;;;+2/p-1. The zero-order chi connectivity index (χ0) is 8.69. The number of hydrogen-bond acceptors (Lipinski definition) is 1. The van der Waals surface area contributed by atoms with Gasteiger partial charge in [-0.2, -0.15) is 0 Å². The van der Waals surface area contributed by atoms with Gasteiger partial charge >= 0.3 is 27.7 Å². The Bertz CT molecular complexity index is 105. The number of halogens is 1. The van der Waals surface area contributed by atoms with E-state index in [1.807, 2.05) is 0 Å². The molecule has 1 nitrogen and oxygen atoms in total. The molecular formula is C8H13ClOPd. The molecule has 2 bridgehead atoms. The van der Waals surface area contributed by atoms with Crippen LogP contribution in [-0.2, 0) is 18.2 Å². The second-order valence-electron chi connectivity index (χ2n) is 2.52. The van der Waals surface area contributed by atoms with Gasteiger partial charge in [-0.25, -0.2) is 18.1 Å². The summed E-state index contributed by atoms with van der Waals surface area (Å²) in [6.07, 6.45) is 8.86. The van der Waals surface area contributed by atoms with Crippen molar-refractivity contribution >= 4 is 9.53 Å². The summed E-state index contributed by atoms with van der Waals surface area (Å²) in [5.41, 5.74) is 0. The molecule has 0 heterocycles. The molecule has 1 N–H and O–H groups in total. The minimum atomic E-state index is 0.954. The number of aliphatic hydroxyl groups is 1. The minimum absolute atomic E-state index is 0.954. The van der Waals surface area contributed by atoms with Gasteiger partial charge in [0, 0.05) is 7.11 Å². The third-order valence-electron chi connectivity index (χ3n) is 1.96. The van der Waals surface area contributed by atoms with Crippen molar-refractivity contribution < 1.29 is 23.3 Å². The van der Waals surface area contributed by atoms with Crippen LogP contribution in [0.4, 0.5) is 0 Å². The Morgan fingerprint density at radius 2 is 2.18 bits per heavy atom. The Morgan fingerprint density at radius 1 is 1.55 bits per heavy atom. The number of aliphatic hydroxyl groups excluding tert-OH is 1. The molecule has 0 saturated heterocycles. The van der Waals surface area contributed by atoms with Crippen LogP contribution in [0.2, 0.25) is 0 Å². The quantitative estimate of drug-likeness (QED) is 0.527. The van der Waals surface area contributed by atoms with Crippen molar-refractivity contribution in [3.05, 3.63) is 18.1 Å². The summed E-state index contributed by atoms with van der Waals surface area (Å²) >= 11 is 2.22. The molecule has 0 aromatic heterocycles. The van der Waals surface area contributed by atoms with Crippen LogP contribution >= 0.6 is 9.53 Å². The molecule has 0 spiro atoms. The van der Waals surface area contributed by atoms with E-state index >= 15 is 0 Å². The third kappa shape index (κ3) is 3.62. The van der Waals surface area contributed by atoms with Gasteiger partial charge in [-0.05, 0) is 0 Å². The molecule has 1 atom stereocenters. The predicted molar refractivity (Wildman–Crippen MR) is 43.7 cm³/mol. The SMILES string of the molecule is C1=CC2CC[C-]1C2.CO.[Cl][Pd+]. The van der Waals surface area contributed by atoms with Crippen molar-refractivity contribution in [2.75, 3.05) is 7.11 Å². The van der Waals surface area contributed by atoms with Gasteiger partial charge in [0.1, 0.15) is 0 Å². The van der Waals surface area contributed by atoms with Gasteiger partial charge in [0.25, 0.3) is 0 Å². The normalized spacial score (nSPS) is 23.7. The summed E-state index contributed by atoms with van der Waals surface area (Å²) in [6, 6.07) is 0. The van der Waals surface area contributed by atoms with Crippen molar-refractivity contribution in [2.24, 2.45) is 5.92 Å². The molecule has 1 fully saturated rings. The van der Waals surface area contributed by atoms with Crippen molar-refractivity contribution in [3.63, 3.8) is 0 Å². The molecule has 2 rings (SSSR count). The molecule has 0 aromatic carbocycles. The summed E-state index contributed by atoms with van der Waals surface area (Å²) < 4.78 is 0. The van der Waals surface area contributed by atoms with E-state index in [9.17, 15) is 0 Å². The van der Waals surface area contributed by atoms with Gasteiger partial charge < -0.3 is 5.11 Å². The predicted octanol–water partition coefficient (Wildman–Crippen LogP) is 2.23. The second-order valence-corrected chi connectivity index (χ2v) is 2.52. The van der Waals surface area contributed by atoms with Crippen molar-refractivity contribution in [2.45, 2.75) is 19.3 Å². The fourth-order valence-electron chi connectivity index (χ4n) is 1.50. The molecule has 0 aliphatic heterocycles. The molecular weight excluding hydrogens is 254 g/mol. The van der Waals surface area contributed by atoms with Crippen molar-refractivity contribution in [3.8, 4) is 0 Å². The molecule has 0 radical (unpaired) electrons. The molecule has 1 saturated carbocycles. The van der Waals surface area contributed by atoms with E-state index in [0.717, 1.165) is 13.0 Å². The molecule has 0 aromatic rings. The number of fused-ring (bicyclic) bond motifs is 2. The fourth-order valence-corrected chi connectivity index (χ4v) is 1.50. The summed E-state index contributed by atoms with van der Waals surface area (Å²) in [5.74, 6) is 2.64.